The normalized spacial score (nSPS) is 12.2. The third-order valence-corrected chi connectivity index (χ3v) is 14.3. The first-order valence-electron chi connectivity index (χ1n) is 23.8. The summed E-state index contributed by atoms with van der Waals surface area (Å²) < 4.78 is 9.10. The molecule has 0 aliphatic rings. The zero-order chi connectivity index (χ0) is 47.1. The molecule has 3 heterocycles. The van der Waals surface area contributed by atoms with Gasteiger partial charge in [-0.15, -0.1) is 54.1 Å². The fourth-order valence-corrected chi connectivity index (χ4v) is 10.9. The van der Waals surface area contributed by atoms with Gasteiger partial charge in [-0.3, -0.25) is 4.98 Å². The van der Waals surface area contributed by atoms with E-state index in [2.05, 4.69) is 215 Å². The van der Waals surface area contributed by atoms with Crippen LogP contribution in [-0.2, 0) is 32.9 Å². The molecule has 0 saturated carbocycles. The number of imidazole rings is 1. The van der Waals surface area contributed by atoms with Crippen LogP contribution in [0.3, 0.4) is 0 Å². The van der Waals surface area contributed by atoms with E-state index in [4.69, 9.17) is 14.4 Å². The van der Waals surface area contributed by atoms with E-state index in [9.17, 15) is 0 Å². The van der Waals surface area contributed by atoms with Crippen LogP contribution in [-0.4, -0.2) is 22.6 Å². The van der Waals surface area contributed by atoms with Crippen molar-refractivity contribution in [3.8, 4) is 39.5 Å². The molecule has 0 N–H and O–H groups in total. The third-order valence-electron chi connectivity index (χ3n) is 12.3. The minimum Gasteiger partial charge on any atom is -0.501 e. The Morgan fingerprint density at radius 3 is 1.94 bits per heavy atom. The van der Waals surface area contributed by atoms with Gasteiger partial charge < -0.3 is 14.0 Å². The molecular formula is C61H67IrN3OSi-2. The van der Waals surface area contributed by atoms with Crippen molar-refractivity contribution in [2.45, 2.75) is 114 Å². The van der Waals surface area contributed by atoms with Gasteiger partial charge in [-0.05, 0) is 105 Å². The summed E-state index contributed by atoms with van der Waals surface area (Å²) in [5.41, 5.74) is 16.3. The quantitative estimate of drug-likeness (QED) is 0.107. The van der Waals surface area contributed by atoms with Crippen molar-refractivity contribution in [2.24, 2.45) is 10.8 Å². The third kappa shape index (κ3) is 11.0. The molecule has 6 heteroatoms. The maximum Gasteiger partial charge on any atom is 0.121 e. The van der Waals surface area contributed by atoms with Gasteiger partial charge in [0, 0.05) is 37.4 Å². The van der Waals surface area contributed by atoms with Crippen molar-refractivity contribution in [1.82, 2.24) is 14.5 Å². The minimum absolute atomic E-state index is 0. The molecule has 0 aliphatic carbocycles. The molecule has 9 rings (SSSR count). The van der Waals surface area contributed by atoms with E-state index < -0.39 is 8.07 Å². The number of fused-ring (bicyclic) bond motifs is 4. The largest absolute Gasteiger partial charge is 0.501 e. The monoisotopic (exact) mass is 1080 g/mol. The van der Waals surface area contributed by atoms with Crippen LogP contribution in [0.25, 0.3) is 72.4 Å². The van der Waals surface area contributed by atoms with Gasteiger partial charge in [0.1, 0.15) is 5.58 Å². The first-order valence-corrected chi connectivity index (χ1v) is 27.3. The van der Waals surface area contributed by atoms with Crippen LogP contribution in [0.1, 0.15) is 103 Å². The molecule has 0 saturated heterocycles. The van der Waals surface area contributed by atoms with E-state index in [0.29, 0.717) is 11.8 Å². The molecule has 0 fully saturated rings. The molecule has 0 atom stereocenters. The Morgan fingerprint density at radius 2 is 1.31 bits per heavy atom. The first kappa shape index (κ1) is 49.5. The van der Waals surface area contributed by atoms with Crippen LogP contribution in [0.5, 0.6) is 0 Å². The van der Waals surface area contributed by atoms with Gasteiger partial charge in [-0.1, -0.05) is 166 Å². The van der Waals surface area contributed by atoms with Gasteiger partial charge in [-0.25, -0.2) is 0 Å². The van der Waals surface area contributed by atoms with Gasteiger partial charge in [0.05, 0.1) is 30.5 Å². The van der Waals surface area contributed by atoms with E-state index in [-0.39, 0.29) is 30.9 Å². The molecule has 0 amide bonds. The number of rotatable bonds is 9. The van der Waals surface area contributed by atoms with Crippen molar-refractivity contribution in [1.29, 1.82) is 0 Å². The standard InChI is InChI=1S/C42H41N2O.C19H26NSi.Ir/c1-26(2)34-23-30(29-14-9-8-10-15-29)24-35(27(3)4)39(34)44-37-19-12-11-18-36(37)43-41(44)33-17-13-16-32-31-21-20-28(25-42(5,6)7)22-38(31)45-40(32)33;1-19(2,3)13-16-12-17(15-10-8-7-9-11-15)20-14-18(16)21(4,5)6;/h8-16,18-24,26-27H,25H2,1-7H3;7-10,12,14H,13H2,1-6H3;/q2*-1;. The van der Waals surface area contributed by atoms with Crippen LogP contribution < -0.4 is 5.19 Å². The molecule has 0 unspecified atom stereocenters. The Labute approximate surface area is 414 Å². The summed E-state index contributed by atoms with van der Waals surface area (Å²) in [4.78, 5) is 10.0. The van der Waals surface area contributed by atoms with Gasteiger partial charge in [0.2, 0.25) is 0 Å². The van der Waals surface area contributed by atoms with Crippen LogP contribution in [0.4, 0.5) is 0 Å². The van der Waals surface area contributed by atoms with Crippen molar-refractivity contribution in [3.63, 3.8) is 0 Å². The van der Waals surface area contributed by atoms with Crippen molar-refractivity contribution < 1.29 is 24.5 Å². The van der Waals surface area contributed by atoms with Gasteiger partial charge >= 0.3 is 0 Å². The number of pyridine rings is 1. The molecular weight excluding hydrogens is 1010 g/mol. The number of furan rings is 1. The Balaban J connectivity index is 0.000000255. The predicted octanol–water partition coefficient (Wildman–Crippen LogP) is 16.6. The van der Waals surface area contributed by atoms with E-state index in [1.165, 1.54) is 44.3 Å². The number of aromatic nitrogens is 3. The molecule has 9 aromatic rings. The molecule has 67 heavy (non-hydrogen) atoms. The summed E-state index contributed by atoms with van der Waals surface area (Å²) in [6.45, 7) is 30.1. The summed E-state index contributed by atoms with van der Waals surface area (Å²) in [5.74, 6) is 1.44. The number of para-hydroxylation sites is 2. The summed E-state index contributed by atoms with van der Waals surface area (Å²) in [6, 6.07) is 51.9. The first-order chi connectivity index (χ1) is 31.3. The molecule has 6 aromatic carbocycles. The fourth-order valence-electron chi connectivity index (χ4n) is 9.30. The molecule has 3 aromatic heterocycles. The molecule has 0 spiro atoms. The van der Waals surface area contributed by atoms with Crippen molar-refractivity contribution in [2.75, 3.05) is 0 Å². The van der Waals surface area contributed by atoms with E-state index in [1.807, 2.05) is 24.3 Å². The van der Waals surface area contributed by atoms with E-state index in [0.717, 1.165) is 68.5 Å². The molecule has 0 aliphatic heterocycles. The van der Waals surface area contributed by atoms with Crippen LogP contribution in [0.15, 0.2) is 138 Å². The fraction of sp³-hybridized carbons (Fsp3) is 0.311. The van der Waals surface area contributed by atoms with Crippen molar-refractivity contribution >= 4 is 46.2 Å². The van der Waals surface area contributed by atoms with E-state index in [1.54, 1.807) is 0 Å². The molecule has 4 nitrogen and oxygen atoms in total. The SMILES string of the molecule is CC(C)(C)Cc1cc(-c2[c-]cccc2)ncc1[Si](C)(C)C.CC(C)c1cc(-c2ccccc2)cc(C(C)C)c1-n1c(-c2[c-]ccc3c2oc2cc(CC(C)(C)C)ccc23)nc2ccccc21.[Ir]. The van der Waals surface area contributed by atoms with Gasteiger partial charge in [0.15, 0.2) is 0 Å². The maximum absolute atomic E-state index is 6.73. The number of hydrogen-bond acceptors (Lipinski definition) is 3. The average Bonchev–Trinajstić information content (AvgIpc) is 3.83. The molecule has 1 radical (unpaired) electrons. The second-order valence-corrected chi connectivity index (χ2v) is 27.2. The second-order valence-electron chi connectivity index (χ2n) is 22.2. The summed E-state index contributed by atoms with van der Waals surface area (Å²) in [6.07, 6.45) is 4.20. The Bertz CT molecular complexity index is 3110. The Hall–Kier alpha value is -5.39. The molecule has 0 bridgehead atoms. The smallest absolute Gasteiger partial charge is 0.121 e. The Kier molecular flexibility index (Phi) is 14.5. The van der Waals surface area contributed by atoms with Crippen LogP contribution >= 0.6 is 0 Å². The number of nitrogens with zero attached hydrogens (tertiary/aromatic N) is 3. The van der Waals surface area contributed by atoms with Gasteiger partial charge in [-0.2, -0.15) is 0 Å². The van der Waals surface area contributed by atoms with Crippen LogP contribution in [0, 0.1) is 23.0 Å². The molecule has 347 valence electrons. The second kappa shape index (κ2) is 19.7. The topological polar surface area (TPSA) is 43.9 Å². The van der Waals surface area contributed by atoms with Crippen molar-refractivity contribution in [3.05, 3.63) is 168 Å². The average molecular weight is 1080 g/mol. The summed E-state index contributed by atoms with van der Waals surface area (Å²) in [7, 11) is -1.37. The van der Waals surface area contributed by atoms with Crippen LogP contribution in [0.2, 0.25) is 19.6 Å². The number of benzene rings is 6. The zero-order valence-corrected chi connectivity index (χ0v) is 45.2. The summed E-state index contributed by atoms with van der Waals surface area (Å²) in [5, 5.41) is 3.70. The maximum atomic E-state index is 6.73. The number of hydrogen-bond donors (Lipinski definition) is 0. The van der Waals surface area contributed by atoms with Gasteiger partial charge in [0.25, 0.3) is 0 Å². The van der Waals surface area contributed by atoms with E-state index >= 15 is 0 Å². The predicted molar refractivity (Wildman–Crippen MR) is 284 cm³/mol. The summed E-state index contributed by atoms with van der Waals surface area (Å²) >= 11 is 0. The Morgan fingerprint density at radius 1 is 0.657 bits per heavy atom. The minimum atomic E-state index is -1.37. The zero-order valence-electron chi connectivity index (χ0n) is 41.9.